The lowest BCUT2D eigenvalue weighted by Crippen LogP contribution is -2.47. The number of likely N-dealkylation sites (tertiary alicyclic amines) is 1. The summed E-state index contributed by atoms with van der Waals surface area (Å²) in [6.45, 7) is 4.73. The van der Waals surface area contributed by atoms with Gasteiger partial charge in [-0.2, -0.15) is 0 Å². The lowest BCUT2D eigenvalue weighted by atomic mass is 9.95. The minimum atomic E-state index is -0.215. The average molecular weight is 445 g/mol. The second kappa shape index (κ2) is 10.5. The number of aliphatic imine (C=N–C) groups is 1. The van der Waals surface area contributed by atoms with Crippen LogP contribution in [-0.2, 0) is 11.2 Å². The number of carbonyl (C=O) groups is 1. The van der Waals surface area contributed by atoms with E-state index in [4.69, 9.17) is 5.73 Å². The van der Waals surface area contributed by atoms with Gasteiger partial charge in [-0.1, -0.05) is 0 Å². The topological polar surface area (TPSA) is 83.6 Å². The highest BCUT2D eigenvalue weighted by atomic mass is 127. The van der Waals surface area contributed by atoms with E-state index < -0.39 is 0 Å². The molecule has 1 aromatic rings. The normalized spacial score (nSPS) is 18.0. The molecule has 6 nitrogen and oxygen atoms in total. The number of halogens is 1. The van der Waals surface area contributed by atoms with Gasteiger partial charge in [-0.25, -0.2) is 0 Å². The van der Waals surface area contributed by atoms with Crippen LogP contribution in [0.5, 0.6) is 0 Å². The first-order valence-corrected chi connectivity index (χ1v) is 8.23. The Morgan fingerprint density at radius 3 is 3.00 bits per heavy atom. The summed E-state index contributed by atoms with van der Waals surface area (Å²) in [4.78, 5) is 21.9. The number of nitrogens with two attached hydrogens (primary N) is 1. The fourth-order valence-corrected chi connectivity index (χ4v) is 3.13. The first-order chi connectivity index (χ1) is 11.1. The summed E-state index contributed by atoms with van der Waals surface area (Å²) in [5.74, 6) is 1.03. The lowest BCUT2D eigenvalue weighted by molar-refractivity contribution is -0.119. The summed E-state index contributed by atoms with van der Waals surface area (Å²) in [6, 6.07) is 2.06. The number of carbonyl (C=O) groups excluding carboxylic acids is 1. The van der Waals surface area contributed by atoms with Crippen molar-refractivity contribution >= 4 is 35.8 Å². The van der Waals surface area contributed by atoms with E-state index in [1.54, 1.807) is 7.05 Å². The molecule has 0 aliphatic carbocycles. The van der Waals surface area contributed by atoms with Gasteiger partial charge >= 0.3 is 0 Å². The molecule has 2 heterocycles. The summed E-state index contributed by atoms with van der Waals surface area (Å²) in [5, 5.41) is 3.43. The number of amides is 1. The number of guanidine groups is 1. The molecule has 1 amide bonds. The third kappa shape index (κ3) is 6.26. The Kier molecular flexibility index (Phi) is 9.02. The smallest absolute Gasteiger partial charge is 0.217 e. The molecule has 3 N–H and O–H groups in total. The number of primary amides is 1. The highest BCUT2D eigenvalue weighted by Crippen LogP contribution is 2.19. The van der Waals surface area contributed by atoms with Crippen LogP contribution in [0.25, 0.3) is 0 Å². The van der Waals surface area contributed by atoms with Gasteiger partial charge in [-0.05, 0) is 49.3 Å². The fraction of sp³-hybridized carbons (Fsp3) is 0.588. The Bertz CT molecular complexity index is 564. The van der Waals surface area contributed by atoms with Crippen molar-refractivity contribution in [2.75, 3.05) is 26.7 Å². The quantitative estimate of drug-likeness (QED) is 0.411. The Morgan fingerprint density at radius 2 is 2.33 bits per heavy atom. The molecule has 2 rings (SSSR count). The molecule has 0 bridgehead atoms. The van der Waals surface area contributed by atoms with E-state index in [9.17, 15) is 4.79 Å². The van der Waals surface area contributed by atoms with Crippen molar-refractivity contribution in [2.24, 2.45) is 16.6 Å². The molecule has 0 radical (unpaired) electrons. The average Bonchev–Trinajstić information content (AvgIpc) is 2.53. The van der Waals surface area contributed by atoms with Crippen LogP contribution in [-0.4, -0.2) is 48.4 Å². The molecule has 0 spiro atoms. The number of rotatable bonds is 5. The van der Waals surface area contributed by atoms with Gasteiger partial charge in [0.15, 0.2) is 5.96 Å². The molecule has 1 saturated heterocycles. The van der Waals surface area contributed by atoms with E-state index in [0.717, 1.165) is 44.9 Å². The van der Waals surface area contributed by atoms with Gasteiger partial charge in [0.1, 0.15) is 0 Å². The van der Waals surface area contributed by atoms with Crippen molar-refractivity contribution in [1.82, 2.24) is 15.2 Å². The Balaban J connectivity index is 0.00000288. The Labute approximate surface area is 161 Å². The minimum Gasteiger partial charge on any atom is -0.370 e. The zero-order valence-electron chi connectivity index (χ0n) is 14.5. The molecule has 0 saturated carbocycles. The van der Waals surface area contributed by atoms with Crippen molar-refractivity contribution in [3.63, 3.8) is 0 Å². The summed E-state index contributed by atoms with van der Waals surface area (Å²) in [5.41, 5.74) is 7.84. The number of aromatic nitrogens is 1. The predicted molar refractivity (Wildman–Crippen MR) is 108 cm³/mol. The van der Waals surface area contributed by atoms with Gasteiger partial charge in [0.05, 0.1) is 0 Å². The number of nitrogens with zero attached hydrogens (tertiary/aromatic N) is 3. The maximum absolute atomic E-state index is 11.1. The molecular formula is C17H28IN5O. The molecule has 1 fully saturated rings. The van der Waals surface area contributed by atoms with Crippen LogP contribution in [0.3, 0.4) is 0 Å². The van der Waals surface area contributed by atoms with Gasteiger partial charge in [-0.3, -0.25) is 14.8 Å². The van der Waals surface area contributed by atoms with Crippen molar-refractivity contribution in [2.45, 2.75) is 32.6 Å². The van der Waals surface area contributed by atoms with E-state index in [-0.39, 0.29) is 29.9 Å². The second-order valence-corrected chi connectivity index (χ2v) is 6.15. The van der Waals surface area contributed by atoms with Crippen LogP contribution < -0.4 is 11.1 Å². The van der Waals surface area contributed by atoms with E-state index in [1.807, 2.05) is 12.4 Å². The second-order valence-electron chi connectivity index (χ2n) is 6.15. The van der Waals surface area contributed by atoms with Gasteiger partial charge < -0.3 is 16.0 Å². The summed E-state index contributed by atoms with van der Waals surface area (Å²) in [7, 11) is 1.80. The first kappa shape index (κ1) is 20.7. The number of hydrogen-bond acceptors (Lipinski definition) is 3. The van der Waals surface area contributed by atoms with Crippen molar-refractivity contribution in [3.8, 4) is 0 Å². The van der Waals surface area contributed by atoms with Crippen LogP contribution in [0.15, 0.2) is 23.5 Å². The van der Waals surface area contributed by atoms with Crippen molar-refractivity contribution < 1.29 is 4.79 Å². The van der Waals surface area contributed by atoms with E-state index >= 15 is 0 Å². The zero-order valence-corrected chi connectivity index (χ0v) is 16.8. The van der Waals surface area contributed by atoms with Crippen LogP contribution in [0, 0.1) is 12.8 Å². The molecular weight excluding hydrogens is 417 g/mol. The number of pyridine rings is 1. The largest absolute Gasteiger partial charge is 0.370 e. The van der Waals surface area contributed by atoms with E-state index in [0.29, 0.717) is 12.3 Å². The highest BCUT2D eigenvalue weighted by molar-refractivity contribution is 14.0. The van der Waals surface area contributed by atoms with Gasteiger partial charge in [-0.15, -0.1) is 24.0 Å². The first-order valence-electron chi connectivity index (χ1n) is 8.23. The molecule has 134 valence electrons. The standard InChI is InChI=1S/C17H27N5O.HI/c1-13-11-20-7-5-15(13)6-8-21-17(19-2)22-9-3-4-14(12-22)10-16(18)23;/h5,7,11,14H,3-4,6,8-10,12H2,1-2H3,(H2,18,23)(H,19,21);1H. The number of piperidine rings is 1. The van der Waals surface area contributed by atoms with Crippen molar-refractivity contribution in [1.29, 1.82) is 0 Å². The van der Waals surface area contributed by atoms with Crippen LogP contribution in [0.1, 0.15) is 30.4 Å². The van der Waals surface area contributed by atoms with Crippen molar-refractivity contribution in [3.05, 3.63) is 29.6 Å². The van der Waals surface area contributed by atoms with Crippen LogP contribution in [0.4, 0.5) is 0 Å². The molecule has 1 aliphatic rings. The van der Waals surface area contributed by atoms with Gasteiger partial charge in [0.25, 0.3) is 0 Å². The SMILES string of the molecule is CN=C(NCCc1ccncc1C)N1CCCC(CC(N)=O)C1.I. The molecule has 24 heavy (non-hydrogen) atoms. The number of aryl methyl sites for hydroxylation is 1. The molecule has 1 atom stereocenters. The fourth-order valence-electron chi connectivity index (χ4n) is 3.13. The molecule has 7 heteroatoms. The number of nitrogens with one attached hydrogen (secondary N) is 1. The van der Waals surface area contributed by atoms with Crippen LogP contribution in [0.2, 0.25) is 0 Å². The highest BCUT2D eigenvalue weighted by Gasteiger charge is 2.23. The molecule has 1 aromatic heterocycles. The van der Waals surface area contributed by atoms with Gasteiger partial charge in [0, 0.05) is 45.5 Å². The Morgan fingerprint density at radius 1 is 1.54 bits per heavy atom. The summed E-state index contributed by atoms with van der Waals surface area (Å²) in [6.07, 6.45) is 7.25. The lowest BCUT2D eigenvalue weighted by Gasteiger charge is -2.34. The van der Waals surface area contributed by atoms with E-state index in [1.165, 1.54) is 11.1 Å². The third-order valence-corrected chi connectivity index (χ3v) is 4.33. The predicted octanol–water partition coefficient (Wildman–Crippen LogP) is 1.71. The zero-order chi connectivity index (χ0) is 16.7. The third-order valence-electron chi connectivity index (χ3n) is 4.33. The molecule has 1 unspecified atom stereocenters. The Hall–Kier alpha value is -1.38. The minimum absolute atomic E-state index is 0. The maximum atomic E-state index is 11.1. The summed E-state index contributed by atoms with van der Waals surface area (Å²) < 4.78 is 0. The maximum Gasteiger partial charge on any atom is 0.217 e. The summed E-state index contributed by atoms with van der Waals surface area (Å²) >= 11 is 0. The van der Waals surface area contributed by atoms with E-state index in [2.05, 4.69) is 33.2 Å². The molecule has 1 aliphatic heterocycles. The van der Waals surface area contributed by atoms with Crippen LogP contribution >= 0.6 is 24.0 Å². The number of hydrogen-bond donors (Lipinski definition) is 2. The van der Waals surface area contributed by atoms with Gasteiger partial charge in [0.2, 0.25) is 5.91 Å². The molecule has 0 aromatic carbocycles. The monoisotopic (exact) mass is 445 g/mol.